The van der Waals surface area contributed by atoms with Gasteiger partial charge in [0.05, 0.1) is 11.2 Å². The first-order valence-corrected chi connectivity index (χ1v) is 8.11. The molecule has 2 aromatic rings. The van der Waals surface area contributed by atoms with Gasteiger partial charge in [-0.3, -0.25) is 9.88 Å². The van der Waals surface area contributed by atoms with Crippen LogP contribution in [-0.4, -0.2) is 35.6 Å². The molecule has 3 heteroatoms. The minimum atomic E-state index is 0.299. The summed E-state index contributed by atoms with van der Waals surface area (Å²) in [4.78, 5) is 7.34. The molecule has 1 heterocycles. The highest BCUT2D eigenvalue weighted by atomic mass is 15.2. The zero-order valence-electron chi connectivity index (χ0n) is 13.0. The molecule has 1 fully saturated rings. The van der Waals surface area contributed by atoms with Gasteiger partial charge in [-0.2, -0.15) is 0 Å². The van der Waals surface area contributed by atoms with Gasteiger partial charge in [-0.1, -0.05) is 31.2 Å². The molecule has 0 radical (unpaired) electrons. The van der Waals surface area contributed by atoms with E-state index in [1.165, 1.54) is 18.2 Å². The molecular weight excluding hydrogens is 258 g/mol. The first kappa shape index (κ1) is 14.5. The van der Waals surface area contributed by atoms with E-state index in [0.29, 0.717) is 6.04 Å². The van der Waals surface area contributed by atoms with E-state index in [0.717, 1.165) is 36.9 Å². The average molecular weight is 283 g/mol. The SMILES string of the molecule is CCN(CCN[C@H](C)c1ccc2ccccc2n1)C1CC1. The number of nitrogens with zero attached hydrogens (tertiary/aromatic N) is 2. The van der Waals surface area contributed by atoms with Crippen LogP contribution in [0.1, 0.15) is 38.4 Å². The second-order valence-electron chi connectivity index (χ2n) is 5.96. The third-order valence-electron chi connectivity index (χ3n) is 4.38. The average Bonchev–Trinajstić information content (AvgIpc) is 3.35. The van der Waals surface area contributed by atoms with Crippen LogP contribution in [0.25, 0.3) is 10.9 Å². The maximum absolute atomic E-state index is 4.76. The van der Waals surface area contributed by atoms with Crippen molar-refractivity contribution in [3.05, 3.63) is 42.1 Å². The van der Waals surface area contributed by atoms with E-state index in [4.69, 9.17) is 4.98 Å². The van der Waals surface area contributed by atoms with Gasteiger partial charge in [0.25, 0.3) is 0 Å². The van der Waals surface area contributed by atoms with Crippen molar-refractivity contribution in [2.24, 2.45) is 0 Å². The van der Waals surface area contributed by atoms with Gasteiger partial charge in [0.2, 0.25) is 0 Å². The van der Waals surface area contributed by atoms with Gasteiger partial charge in [-0.15, -0.1) is 0 Å². The number of aromatic nitrogens is 1. The summed E-state index contributed by atoms with van der Waals surface area (Å²) in [6.45, 7) is 7.78. The molecule has 1 aromatic heterocycles. The van der Waals surface area contributed by atoms with E-state index in [1.807, 2.05) is 6.07 Å². The van der Waals surface area contributed by atoms with E-state index in [9.17, 15) is 0 Å². The molecule has 3 rings (SSSR count). The molecule has 0 spiro atoms. The fraction of sp³-hybridized carbons (Fsp3) is 0.500. The molecule has 1 N–H and O–H groups in total. The van der Waals surface area contributed by atoms with Crippen molar-refractivity contribution in [1.82, 2.24) is 15.2 Å². The molecular formula is C18H25N3. The monoisotopic (exact) mass is 283 g/mol. The highest BCUT2D eigenvalue weighted by molar-refractivity contribution is 5.78. The summed E-state index contributed by atoms with van der Waals surface area (Å²) in [6.07, 6.45) is 2.77. The Morgan fingerprint density at radius 3 is 2.81 bits per heavy atom. The van der Waals surface area contributed by atoms with Gasteiger partial charge in [0.15, 0.2) is 0 Å². The fourth-order valence-corrected chi connectivity index (χ4v) is 2.89. The van der Waals surface area contributed by atoms with Crippen molar-refractivity contribution >= 4 is 10.9 Å². The summed E-state index contributed by atoms with van der Waals surface area (Å²) in [6, 6.07) is 13.8. The van der Waals surface area contributed by atoms with Crippen LogP contribution < -0.4 is 5.32 Å². The van der Waals surface area contributed by atoms with Crippen LogP contribution in [0.3, 0.4) is 0 Å². The van der Waals surface area contributed by atoms with E-state index in [-0.39, 0.29) is 0 Å². The van der Waals surface area contributed by atoms with Crippen LogP contribution in [0, 0.1) is 0 Å². The highest BCUT2D eigenvalue weighted by Gasteiger charge is 2.27. The minimum absolute atomic E-state index is 0.299. The number of rotatable bonds is 7. The first-order chi connectivity index (χ1) is 10.3. The molecule has 0 aliphatic heterocycles. The van der Waals surface area contributed by atoms with Crippen molar-refractivity contribution in [2.45, 2.75) is 38.8 Å². The Hall–Kier alpha value is -1.45. The lowest BCUT2D eigenvalue weighted by atomic mass is 10.1. The molecule has 1 aliphatic carbocycles. The smallest absolute Gasteiger partial charge is 0.0706 e. The number of pyridine rings is 1. The Morgan fingerprint density at radius 2 is 2.05 bits per heavy atom. The molecule has 1 atom stereocenters. The lowest BCUT2D eigenvalue weighted by Crippen LogP contribution is -2.34. The number of hydrogen-bond donors (Lipinski definition) is 1. The zero-order valence-corrected chi connectivity index (χ0v) is 13.0. The topological polar surface area (TPSA) is 28.2 Å². The normalized spacial score (nSPS) is 16.5. The number of para-hydroxylation sites is 1. The van der Waals surface area contributed by atoms with Gasteiger partial charge >= 0.3 is 0 Å². The maximum atomic E-state index is 4.76. The lowest BCUT2D eigenvalue weighted by Gasteiger charge is -2.21. The van der Waals surface area contributed by atoms with Gasteiger partial charge in [-0.25, -0.2) is 0 Å². The van der Waals surface area contributed by atoms with Crippen molar-refractivity contribution in [2.75, 3.05) is 19.6 Å². The van der Waals surface area contributed by atoms with Crippen LogP contribution in [-0.2, 0) is 0 Å². The summed E-state index contributed by atoms with van der Waals surface area (Å²) < 4.78 is 0. The zero-order chi connectivity index (χ0) is 14.7. The van der Waals surface area contributed by atoms with Crippen molar-refractivity contribution < 1.29 is 0 Å². The van der Waals surface area contributed by atoms with Gasteiger partial charge in [0.1, 0.15) is 0 Å². The van der Waals surface area contributed by atoms with Crippen molar-refractivity contribution in [3.8, 4) is 0 Å². The predicted molar refractivity (Wildman–Crippen MR) is 88.4 cm³/mol. The molecule has 21 heavy (non-hydrogen) atoms. The van der Waals surface area contributed by atoms with Crippen LogP contribution in [0.5, 0.6) is 0 Å². The fourth-order valence-electron chi connectivity index (χ4n) is 2.89. The summed E-state index contributed by atoms with van der Waals surface area (Å²) >= 11 is 0. The Labute approximate surface area is 127 Å². The first-order valence-electron chi connectivity index (χ1n) is 8.11. The van der Waals surface area contributed by atoms with Crippen LogP contribution in [0.15, 0.2) is 36.4 Å². The molecule has 1 aliphatic rings. The molecule has 112 valence electrons. The molecule has 0 amide bonds. The number of likely N-dealkylation sites (N-methyl/N-ethyl adjacent to an activating group) is 1. The Morgan fingerprint density at radius 1 is 1.24 bits per heavy atom. The van der Waals surface area contributed by atoms with Crippen molar-refractivity contribution in [3.63, 3.8) is 0 Å². The van der Waals surface area contributed by atoms with E-state index in [1.54, 1.807) is 0 Å². The maximum Gasteiger partial charge on any atom is 0.0706 e. The van der Waals surface area contributed by atoms with Gasteiger partial charge < -0.3 is 5.32 Å². The predicted octanol–water partition coefficient (Wildman–Crippen LogP) is 3.37. The largest absolute Gasteiger partial charge is 0.308 e. The molecule has 1 aromatic carbocycles. The summed E-state index contributed by atoms with van der Waals surface area (Å²) in [7, 11) is 0. The summed E-state index contributed by atoms with van der Waals surface area (Å²) in [5.41, 5.74) is 2.21. The molecule has 1 saturated carbocycles. The Bertz CT molecular complexity index is 592. The summed E-state index contributed by atoms with van der Waals surface area (Å²) in [5, 5.41) is 4.81. The number of fused-ring (bicyclic) bond motifs is 1. The standard InChI is InChI=1S/C18H25N3/c1-3-21(16-9-10-16)13-12-19-14(2)17-11-8-15-6-4-5-7-18(15)20-17/h4-8,11,14,16,19H,3,9-10,12-13H2,1-2H3/t14-/m1/s1. The van der Waals surface area contributed by atoms with Gasteiger partial charge in [0, 0.05) is 30.6 Å². The van der Waals surface area contributed by atoms with Gasteiger partial charge in [-0.05, 0) is 38.4 Å². The molecule has 0 bridgehead atoms. The third-order valence-corrected chi connectivity index (χ3v) is 4.38. The quantitative estimate of drug-likeness (QED) is 0.844. The lowest BCUT2D eigenvalue weighted by molar-refractivity contribution is 0.273. The van der Waals surface area contributed by atoms with Crippen LogP contribution in [0.4, 0.5) is 0 Å². The molecule has 0 saturated heterocycles. The minimum Gasteiger partial charge on any atom is -0.308 e. The third kappa shape index (κ3) is 3.60. The Balaban J connectivity index is 1.57. The molecule has 3 nitrogen and oxygen atoms in total. The highest BCUT2D eigenvalue weighted by Crippen LogP contribution is 2.26. The van der Waals surface area contributed by atoms with E-state index < -0.39 is 0 Å². The van der Waals surface area contributed by atoms with Crippen LogP contribution in [0.2, 0.25) is 0 Å². The molecule has 0 unspecified atom stereocenters. The van der Waals surface area contributed by atoms with Crippen molar-refractivity contribution in [1.29, 1.82) is 0 Å². The second-order valence-corrected chi connectivity index (χ2v) is 5.96. The number of nitrogens with one attached hydrogen (secondary N) is 1. The van der Waals surface area contributed by atoms with Crippen LogP contribution >= 0.6 is 0 Å². The van der Waals surface area contributed by atoms with E-state index >= 15 is 0 Å². The summed E-state index contributed by atoms with van der Waals surface area (Å²) in [5.74, 6) is 0. The number of benzene rings is 1. The Kier molecular flexibility index (Phi) is 4.51. The number of hydrogen-bond acceptors (Lipinski definition) is 3. The van der Waals surface area contributed by atoms with E-state index in [2.05, 4.69) is 54.4 Å². The second kappa shape index (κ2) is 6.54.